The lowest BCUT2D eigenvalue weighted by atomic mass is 10.0. The number of aryl methyl sites for hydroxylation is 4. The van der Waals surface area contributed by atoms with Crippen molar-refractivity contribution in [2.45, 2.75) is 26.7 Å². The number of methoxy groups -OCH3 is 1. The van der Waals surface area contributed by atoms with E-state index in [4.69, 9.17) is 10.5 Å². The van der Waals surface area contributed by atoms with E-state index in [9.17, 15) is 0 Å². The van der Waals surface area contributed by atoms with Crippen molar-refractivity contribution in [3.05, 3.63) is 39.9 Å². The average molecular weight is 262 g/mol. The van der Waals surface area contributed by atoms with E-state index in [0.29, 0.717) is 5.13 Å². The Kier molecular flexibility index (Phi) is 3.87. The zero-order chi connectivity index (χ0) is 13.1. The van der Waals surface area contributed by atoms with Crippen molar-refractivity contribution in [3.63, 3.8) is 0 Å². The topological polar surface area (TPSA) is 48.1 Å². The Morgan fingerprint density at radius 1 is 1.28 bits per heavy atom. The molecule has 0 aliphatic carbocycles. The van der Waals surface area contributed by atoms with Crippen LogP contribution in [-0.2, 0) is 12.8 Å². The molecule has 96 valence electrons. The Labute approximate surface area is 112 Å². The molecule has 1 aromatic carbocycles. The maximum absolute atomic E-state index is 5.71. The van der Waals surface area contributed by atoms with Crippen molar-refractivity contribution >= 4 is 16.5 Å². The number of thiazole rings is 1. The zero-order valence-electron chi connectivity index (χ0n) is 11.0. The smallest absolute Gasteiger partial charge is 0.180 e. The number of nitrogen functional groups attached to an aromatic ring is 1. The lowest BCUT2D eigenvalue weighted by molar-refractivity contribution is 0.409. The first kappa shape index (κ1) is 12.9. The summed E-state index contributed by atoms with van der Waals surface area (Å²) in [5.41, 5.74) is 9.29. The van der Waals surface area contributed by atoms with E-state index >= 15 is 0 Å². The molecule has 2 rings (SSSR count). The number of aromatic nitrogens is 1. The summed E-state index contributed by atoms with van der Waals surface area (Å²) in [5, 5.41) is 0.652. The van der Waals surface area contributed by atoms with Gasteiger partial charge >= 0.3 is 0 Å². The van der Waals surface area contributed by atoms with E-state index in [1.165, 1.54) is 16.0 Å². The molecule has 0 aliphatic rings. The van der Waals surface area contributed by atoms with Crippen LogP contribution >= 0.6 is 11.3 Å². The molecule has 0 amide bonds. The minimum absolute atomic E-state index is 0.652. The molecule has 0 aliphatic heterocycles. The fourth-order valence-corrected chi connectivity index (χ4v) is 2.77. The van der Waals surface area contributed by atoms with Crippen molar-refractivity contribution in [2.75, 3.05) is 12.8 Å². The molecule has 2 aromatic rings. The summed E-state index contributed by atoms with van der Waals surface area (Å²) in [6.07, 6.45) is 1.83. The van der Waals surface area contributed by atoms with Crippen LogP contribution < -0.4 is 10.5 Å². The number of rotatable bonds is 4. The summed E-state index contributed by atoms with van der Waals surface area (Å²) in [7, 11) is 1.71. The van der Waals surface area contributed by atoms with Gasteiger partial charge < -0.3 is 10.5 Å². The first-order chi connectivity index (χ1) is 8.60. The van der Waals surface area contributed by atoms with E-state index in [2.05, 4.69) is 31.0 Å². The third-order valence-electron chi connectivity index (χ3n) is 2.98. The highest BCUT2D eigenvalue weighted by molar-refractivity contribution is 7.15. The summed E-state index contributed by atoms with van der Waals surface area (Å²) in [6.45, 7) is 4.16. The number of ether oxygens (including phenoxy) is 1. The second-order valence-corrected chi connectivity index (χ2v) is 5.61. The zero-order valence-corrected chi connectivity index (χ0v) is 11.8. The summed E-state index contributed by atoms with van der Waals surface area (Å²) in [5.74, 6) is 0.946. The highest BCUT2D eigenvalue weighted by Crippen LogP contribution is 2.24. The molecule has 0 unspecified atom stereocenters. The SMILES string of the molecule is COc1ccc(C)cc1CCc1nc(N)sc1C. The summed E-state index contributed by atoms with van der Waals surface area (Å²) < 4.78 is 5.38. The van der Waals surface area contributed by atoms with Crippen LogP contribution in [0.25, 0.3) is 0 Å². The molecule has 0 bridgehead atoms. The van der Waals surface area contributed by atoms with Gasteiger partial charge in [-0.2, -0.15) is 0 Å². The van der Waals surface area contributed by atoms with Gasteiger partial charge in [-0.3, -0.25) is 0 Å². The highest BCUT2D eigenvalue weighted by Gasteiger charge is 2.08. The van der Waals surface area contributed by atoms with Crippen molar-refractivity contribution < 1.29 is 4.74 Å². The van der Waals surface area contributed by atoms with Gasteiger partial charge in [0.1, 0.15) is 5.75 Å². The average Bonchev–Trinajstić information content (AvgIpc) is 2.65. The molecule has 2 N–H and O–H groups in total. The number of anilines is 1. The van der Waals surface area contributed by atoms with Crippen molar-refractivity contribution in [3.8, 4) is 5.75 Å². The van der Waals surface area contributed by atoms with Crippen LogP contribution in [0.4, 0.5) is 5.13 Å². The number of hydrogen-bond donors (Lipinski definition) is 1. The Bertz CT molecular complexity index is 549. The Morgan fingerprint density at radius 3 is 2.67 bits per heavy atom. The van der Waals surface area contributed by atoms with Gasteiger partial charge in [0.2, 0.25) is 0 Å². The van der Waals surface area contributed by atoms with E-state index in [1.807, 2.05) is 6.07 Å². The number of benzene rings is 1. The number of hydrogen-bond acceptors (Lipinski definition) is 4. The molecule has 1 aromatic heterocycles. The standard InChI is InChI=1S/C14H18N2OS/c1-9-4-7-13(17-3)11(8-9)5-6-12-10(2)18-14(15)16-12/h4,7-8H,5-6H2,1-3H3,(H2,15,16). The largest absolute Gasteiger partial charge is 0.496 e. The van der Waals surface area contributed by atoms with E-state index < -0.39 is 0 Å². The first-order valence-corrected chi connectivity index (χ1v) is 6.77. The molecular formula is C14H18N2OS. The molecule has 18 heavy (non-hydrogen) atoms. The Morgan fingerprint density at radius 2 is 2.06 bits per heavy atom. The van der Waals surface area contributed by atoms with Gasteiger partial charge in [0.25, 0.3) is 0 Å². The van der Waals surface area contributed by atoms with Gasteiger partial charge in [0, 0.05) is 4.88 Å². The maximum atomic E-state index is 5.71. The molecule has 0 saturated heterocycles. The molecule has 4 heteroatoms. The molecule has 1 heterocycles. The lowest BCUT2D eigenvalue weighted by Crippen LogP contribution is -1.98. The van der Waals surface area contributed by atoms with Crippen LogP contribution in [0.5, 0.6) is 5.75 Å². The third kappa shape index (κ3) is 2.82. The van der Waals surface area contributed by atoms with Crippen LogP contribution in [-0.4, -0.2) is 12.1 Å². The molecule has 0 fully saturated rings. The van der Waals surface area contributed by atoms with E-state index in [1.54, 1.807) is 18.4 Å². The minimum atomic E-state index is 0.652. The summed E-state index contributed by atoms with van der Waals surface area (Å²) in [6, 6.07) is 6.26. The van der Waals surface area contributed by atoms with Gasteiger partial charge in [-0.15, -0.1) is 11.3 Å². The van der Waals surface area contributed by atoms with Gasteiger partial charge in [0.15, 0.2) is 5.13 Å². The number of nitrogens with zero attached hydrogens (tertiary/aromatic N) is 1. The van der Waals surface area contributed by atoms with Crippen LogP contribution in [0.2, 0.25) is 0 Å². The second kappa shape index (κ2) is 5.40. The number of nitrogens with two attached hydrogens (primary N) is 1. The summed E-state index contributed by atoms with van der Waals surface area (Å²) in [4.78, 5) is 5.57. The third-order valence-corrected chi connectivity index (χ3v) is 3.82. The minimum Gasteiger partial charge on any atom is -0.496 e. The Hall–Kier alpha value is -1.55. The van der Waals surface area contributed by atoms with Crippen molar-refractivity contribution in [1.82, 2.24) is 4.98 Å². The van der Waals surface area contributed by atoms with Crippen molar-refractivity contribution in [2.24, 2.45) is 0 Å². The Balaban J connectivity index is 2.14. The fraction of sp³-hybridized carbons (Fsp3) is 0.357. The van der Waals surface area contributed by atoms with E-state index in [-0.39, 0.29) is 0 Å². The molecular weight excluding hydrogens is 244 g/mol. The normalized spacial score (nSPS) is 10.6. The van der Waals surface area contributed by atoms with Gasteiger partial charge in [0.05, 0.1) is 12.8 Å². The fourth-order valence-electron chi connectivity index (χ4n) is 2.04. The molecule has 0 radical (unpaired) electrons. The second-order valence-electron chi connectivity index (χ2n) is 4.37. The van der Waals surface area contributed by atoms with Gasteiger partial charge in [-0.25, -0.2) is 4.98 Å². The van der Waals surface area contributed by atoms with Crippen molar-refractivity contribution in [1.29, 1.82) is 0 Å². The van der Waals surface area contributed by atoms with E-state index in [0.717, 1.165) is 24.3 Å². The summed E-state index contributed by atoms with van der Waals surface area (Å²) >= 11 is 1.55. The predicted octanol–water partition coefficient (Wildman–Crippen LogP) is 3.14. The van der Waals surface area contributed by atoms with Crippen LogP contribution in [0.3, 0.4) is 0 Å². The van der Waals surface area contributed by atoms with Crippen LogP contribution in [0, 0.1) is 13.8 Å². The maximum Gasteiger partial charge on any atom is 0.180 e. The molecule has 0 saturated carbocycles. The van der Waals surface area contributed by atoms with Gasteiger partial charge in [-0.1, -0.05) is 17.7 Å². The van der Waals surface area contributed by atoms with Gasteiger partial charge in [-0.05, 0) is 38.3 Å². The quantitative estimate of drug-likeness (QED) is 0.921. The predicted molar refractivity (Wildman–Crippen MR) is 76.4 cm³/mol. The van der Waals surface area contributed by atoms with Crippen LogP contribution in [0.15, 0.2) is 18.2 Å². The lowest BCUT2D eigenvalue weighted by Gasteiger charge is -2.09. The first-order valence-electron chi connectivity index (χ1n) is 5.95. The molecule has 0 spiro atoms. The monoisotopic (exact) mass is 262 g/mol. The van der Waals surface area contributed by atoms with Crippen LogP contribution in [0.1, 0.15) is 21.7 Å². The highest BCUT2D eigenvalue weighted by atomic mass is 32.1. The molecule has 0 atom stereocenters. The molecule has 3 nitrogen and oxygen atoms in total.